The van der Waals surface area contributed by atoms with Crippen molar-refractivity contribution in [3.8, 4) is 0 Å². The molecule has 0 aliphatic heterocycles. The van der Waals surface area contributed by atoms with Crippen LogP contribution in [0.3, 0.4) is 0 Å². The van der Waals surface area contributed by atoms with Gasteiger partial charge in [-0.2, -0.15) is 0 Å². The number of nitrogens with one attached hydrogen (secondary N) is 1. The molecule has 1 unspecified atom stereocenters. The van der Waals surface area contributed by atoms with Crippen LogP contribution in [0.15, 0.2) is 18.2 Å². The van der Waals surface area contributed by atoms with Crippen LogP contribution in [0.25, 0.3) is 0 Å². The molecule has 0 saturated heterocycles. The van der Waals surface area contributed by atoms with Crippen LogP contribution in [0.2, 0.25) is 0 Å². The van der Waals surface area contributed by atoms with Crippen molar-refractivity contribution in [3.63, 3.8) is 0 Å². The van der Waals surface area contributed by atoms with Gasteiger partial charge in [-0.25, -0.2) is 0 Å². The topological polar surface area (TPSA) is 12.0 Å². The summed E-state index contributed by atoms with van der Waals surface area (Å²) in [6, 6.07) is 7.66. The van der Waals surface area contributed by atoms with Crippen LogP contribution < -0.4 is 5.32 Å². The molecule has 1 heteroatoms. The largest absolute Gasteiger partial charge is 0.310 e. The average Bonchev–Trinajstić information content (AvgIpc) is 2.35. The molecule has 1 aliphatic carbocycles. The lowest BCUT2D eigenvalue weighted by Crippen LogP contribution is -2.25. The molecule has 1 atom stereocenters. The molecule has 1 aromatic carbocycles. The van der Waals surface area contributed by atoms with E-state index in [4.69, 9.17) is 0 Å². The van der Waals surface area contributed by atoms with E-state index in [0.717, 1.165) is 13.0 Å². The van der Waals surface area contributed by atoms with E-state index in [1.807, 2.05) is 0 Å². The van der Waals surface area contributed by atoms with Gasteiger partial charge in [0.25, 0.3) is 0 Å². The van der Waals surface area contributed by atoms with E-state index in [-0.39, 0.29) is 0 Å². The lowest BCUT2D eigenvalue weighted by molar-refractivity contribution is 0.460. The smallest absolute Gasteiger partial charge is 0.0323 e. The van der Waals surface area contributed by atoms with E-state index in [1.165, 1.54) is 31.2 Å². The van der Waals surface area contributed by atoms with Crippen LogP contribution in [0.4, 0.5) is 0 Å². The van der Waals surface area contributed by atoms with Gasteiger partial charge < -0.3 is 5.32 Å². The van der Waals surface area contributed by atoms with Crippen LogP contribution >= 0.6 is 0 Å². The molecule has 0 bridgehead atoms. The predicted molar refractivity (Wildman–Crippen MR) is 69.8 cm³/mol. The minimum Gasteiger partial charge on any atom is -0.310 e. The molecule has 0 saturated carbocycles. The van der Waals surface area contributed by atoms with Crippen molar-refractivity contribution in [3.05, 3.63) is 34.9 Å². The van der Waals surface area contributed by atoms with Gasteiger partial charge in [-0.05, 0) is 55.3 Å². The fraction of sp³-hybridized carbons (Fsp3) is 0.600. The minimum absolute atomic E-state index is 0.607. The van der Waals surface area contributed by atoms with Crippen LogP contribution in [0, 0.1) is 0 Å². The fourth-order valence-electron chi connectivity index (χ4n) is 2.60. The van der Waals surface area contributed by atoms with Crippen LogP contribution in [-0.4, -0.2) is 6.54 Å². The lowest BCUT2D eigenvalue weighted by atomic mass is 9.86. The number of hydrogen-bond acceptors (Lipinski definition) is 1. The number of hydrogen-bond donors (Lipinski definition) is 1. The molecule has 0 spiro atoms. The highest BCUT2D eigenvalue weighted by atomic mass is 14.9. The molecule has 88 valence electrons. The second-order valence-corrected chi connectivity index (χ2v) is 4.79. The summed E-state index contributed by atoms with van der Waals surface area (Å²) in [5.41, 5.74) is 4.61. The molecule has 16 heavy (non-hydrogen) atoms. The summed E-state index contributed by atoms with van der Waals surface area (Å²) >= 11 is 0. The third-order valence-corrected chi connectivity index (χ3v) is 3.57. The average molecular weight is 217 g/mol. The van der Waals surface area contributed by atoms with Gasteiger partial charge in [0.15, 0.2) is 0 Å². The standard InChI is InChI=1S/C15H23N/c1-3-10-16-15-7-5-6-13-9-8-12(4-2)11-14(13)15/h8-9,11,15-16H,3-7,10H2,1-2H3. The van der Waals surface area contributed by atoms with Gasteiger partial charge in [0.05, 0.1) is 0 Å². The van der Waals surface area contributed by atoms with Crippen LogP contribution in [0.5, 0.6) is 0 Å². The highest BCUT2D eigenvalue weighted by Gasteiger charge is 2.19. The molecular formula is C15H23N. The Morgan fingerprint density at radius 1 is 1.31 bits per heavy atom. The first-order chi connectivity index (χ1) is 7.85. The maximum atomic E-state index is 3.68. The van der Waals surface area contributed by atoms with Crippen molar-refractivity contribution in [2.75, 3.05) is 6.54 Å². The summed E-state index contributed by atoms with van der Waals surface area (Å²) in [6.07, 6.45) is 6.27. The Balaban J connectivity index is 2.21. The molecule has 0 radical (unpaired) electrons. The molecule has 0 amide bonds. The molecule has 1 aromatic rings. The summed E-state index contributed by atoms with van der Waals surface area (Å²) in [7, 11) is 0. The summed E-state index contributed by atoms with van der Waals surface area (Å²) in [4.78, 5) is 0. The van der Waals surface area contributed by atoms with E-state index in [2.05, 4.69) is 37.4 Å². The number of benzene rings is 1. The zero-order chi connectivity index (χ0) is 11.4. The van der Waals surface area contributed by atoms with Crippen LogP contribution in [-0.2, 0) is 12.8 Å². The predicted octanol–water partition coefficient (Wildman–Crippen LogP) is 3.63. The Labute approximate surface area is 99.3 Å². The molecular weight excluding hydrogens is 194 g/mol. The Morgan fingerprint density at radius 2 is 2.19 bits per heavy atom. The summed E-state index contributed by atoms with van der Waals surface area (Å²) in [5, 5.41) is 3.68. The van der Waals surface area contributed by atoms with Crippen molar-refractivity contribution < 1.29 is 0 Å². The van der Waals surface area contributed by atoms with Gasteiger partial charge in [-0.15, -0.1) is 0 Å². The molecule has 1 N–H and O–H groups in total. The molecule has 2 rings (SSSR count). The molecule has 0 fully saturated rings. The summed E-state index contributed by atoms with van der Waals surface area (Å²) in [5.74, 6) is 0. The third-order valence-electron chi connectivity index (χ3n) is 3.57. The monoisotopic (exact) mass is 217 g/mol. The van der Waals surface area contributed by atoms with E-state index in [0.29, 0.717) is 6.04 Å². The second kappa shape index (κ2) is 5.49. The van der Waals surface area contributed by atoms with E-state index < -0.39 is 0 Å². The van der Waals surface area contributed by atoms with Gasteiger partial charge >= 0.3 is 0 Å². The Bertz CT molecular complexity index is 343. The third kappa shape index (κ3) is 2.46. The van der Waals surface area contributed by atoms with Crippen molar-refractivity contribution >= 4 is 0 Å². The van der Waals surface area contributed by atoms with Gasteiger partial charge in [0.1, 0.15) is 0 Å². The zero-order valence-corrected chi connectivity index (χ0v) is 10.6. The van der Waals surface area contributed by atoms with Crippen molar-refractivity contribution in [1.29, 1.82) is 0 Å². The van der Waals surface area contributed by atoms with E-state index in [9.17, 15) is 0 Å². The zero-order valence-electron chi connectivity index (χ0n) is 10.6. The molecule has 1 nitrogen and oxygen atoms in total. The first-order valence-corrected chi connectivity index (χ1v) is 6.70. The maximum absolute atomic E-state index is 3.68. The van der Waals surface area contributed by atoms with Crippen molar-refractivity contribution in [2.24, 2.45) is 0 Å². The normalized spacial score (nSPS) is 19.5. The highest BCUT2D eigenvalue weighted by molar-refractivity contribution is 5.36. The van der Waals surface area contributed by atoms with Crippen molar-refractivity contribution in [2.45, 2.75) is 52.0 Å². The van der Waals surface area contributed by atoms with Crippen molar-refractivity contribution in [1.82, 2.24) is 5.32 Å². The Morgan fingerprint density at radius 3 is 2.94 bits per heavy atom. The number of rotatable bonds is 4. The van der Waals surface area contributed by atoms with E-state index >= 15 is 0 Å². The molecule has 1 aliphatic rings. The first-order valence-electron chi connectivity index (χ1n) is 6.70. The van der Waals surface area contributed by atoms with Gasteiger partial charge in [-0.1, -0.05) is 32.0 Å². The Kier molecular flexibility index (Phi) is 4.00. The first kappa shape index (κ1) is 11.7. The van der Waals surface area contributed by atoms with Gasteiger partial charge in [-0.3, -0.25) is 0 Å². The van der Waals surface area contributed by atoms with Crippen LogP contribution in [0.1, 0.15) is 55.8 Å². The Hall–Kier alpha value is -0.820. The summed E-state index contributed by atoms with van der Waals surface area (Å²) < 4.78 is 0. The van der Waals surface area contributed by atoms with Gasteiger partial charge in [0, 0.05) is 6.04 Å². The molecule has 0 heterocycles. The highest BCUT2D eigenvalue weighted by Crippen LogP contribution is 2.30. The molecule has 0 aromatic heterocycles. The second-order valence-electron chi connectivity index (χ2n) is 4.79. The lowest BCUT2D eigenvalue weighted by Gasteiger charge is -2.27. The fourth-order valence-corrected chi connectivity index (χ4v) is 2.60. The van der Waals surface area contributed by atoms with E-state index in [1.54, 1.807) is 11.1 Å². The minimum atomic E-state index is 0.607. The number of fused-ring (bicyclic) bond motifs is 1. The van der Waals surface area contributed by atoms with Gasteiger partial charge in [0.2, 0.25) is 0 Å². The SMILES string of the molecule is CCCNC1CCCc2ccc(CC)cc21. The summed E-state index contributed by atoms with van der Waals surface area (Å²) in [6.45, 7) is 5.61. The number of aryl methyl sites for hydroxylation is 2. The quantitative estimate of drug-likeness (QED) is 0.812. The maximum Gasteiger partial charge on any atom is 0.0323 e.